The van der Waals surface area contributed by atoms with E-state index >= 15 is 0 Å². The van der Waals surface area contributed by atoms with Crippen LogP contribution in [0.3, 0.4) is 0 Å². The summed E-state index contributed by atoms with van der Waals surface area (Å²) < 4.78 is 26.1. The molecule has 0 unspecified atom stereocenters. The zero-order valence-electron chi connectivity index (χ0n) is 13.8. The maximum Gasteiger partial charge on any atom is 0.237 e. The van der Waals surface area contributed by atoms with Crippen LogP contribution in [-0.2, 0) is 9.59 Å². The van der Waals surface area contributed by atoms with Crippen molar-refractivity contribution in [1.82, 2.24) is 0 Å². The van der Waals surface area contributed by atoms with Crippen molar-refractivity contribution in [2.75, 3.05) is 16.4 Å². The molecular formula is C18H18F2N2O2S. The highest BCUT2D eigenvalue weighted by Gasteiger charge is 2.16. The van der Waals surface area contributed by atoms with Gasteiger partial charge in [0.15, 0.2) is 0 Å². The Morgan fingerprint density at radius 2 is 1.68 bits per heavy atom. The van der Waals surface area contributed by atoms with Crippen LogP contribution in [0.25, 0.3) is 0 Å². The molecule has 0 aliphatic rings. The molecule has 0 saturated heterocycles. The van der Waals surface area contributed by atoms with Gasteiger partial charge in [0.2, 0.25) is 11.8 Å². The van der Waals surface area contributed by atoms with E-state index in [1.807, 2.05) is 0 Å². The van der Waals surface area contributed by atoms with Crippen LogP contribution in [0.1, 0.15) is 12.5 Å². The molecule has 4 nitrogen and oxygen atoms in total. The summed E-state index contributed by atoms with van der Waals surface area (Å²) in [4.78, 5) is 24.0. The molecular weight excluding hydrogens is 346 g/mol. The highest BCUT2D eigenvalue weighted by Crippen LogP contribution is 2.19. The number of hydrogen-bond donors (Lipinski definition) is 2. The maximum atomic E-state index is 13.3. The van der Waals surface area contributed by atoms with Gasteiger partial charge in [-0.25, -0.2) is 8.78 Å². The Kier molecular flexibility index (Phi) is 6.52. The van der Waals surface area contributed by atoms with Crippen molar-refractivity contribution < 1.29 is 18.4 Å². The lowest BCUT2D eigenvalue weighted by Gasteiger charge is -2.13. The first kappa shape index (κ1) is 18.9. The van der Waals surface area contributed by atoms with Gasteiger partial charge in [0, 0.05) is 11.4 Å². The Bertz CT molecular complexity index is 766. The van der Waals surface area contributed by atoms with Gasteiger partial charge in [-0.2, -0.15) is 0 Å². The van der Waals surface area contributed by atoms with Gasteiger partial charge in [0.05, 0.1) is 11.0 Å². The summed E-state index contributed by atoms with van der Waals surface area (Å²) in [6, 6.07) is 9.58. The summed E-state index contributed by atoms with van der Waals surface area (Å²) in [5.41, 5.74) is 1.65. The van der Waals surface area contributed by atoms with Crippen LogP contribution in [0.15, 0.2) is 42.5 Å². The number of thioether (sulfide) groups is 1. The average Bonchev–Trinajstić information content (AvgIpc) is 2.58. The molecule has 0 bridgehead atoms. The summed E-state index contributed by atoms with van der Waals surface area (Å²) >= 11 is 1.15. The summed E-state index contributed by atoms with van der Waals surface area (Å²) in [5, 5.41) is 4.78. The number of carbonyl (C=O) groups is 2. The molecule has 0 aliphatic carbocycles. The predicted octanol–water partition coefficient (Wildman–Crippen LogP) is 3.97. The van der Waals surface area contributed by atoms with Crippen molar-refractivity contribution in [3.05, 3.63) is 59.7 Å². The zero-order chi connectivity index (χ0) is 18.4. The van der Waals surface area contributed by atoms with Gasteiger partial charge in [-0.1, -0.05) is 6.07 Å². The number of benzene rings is 2. The Morgan fingerprint density at radius 3 is 2.36 bits per heavy atom. The van der Waals surface area contributed by atoms with E-state index in [4.69, 9.17) is 0 Å². The van der Waals surface area contributed by atoms with Crippen LogP contribution in [0, 0.1) is 18.6 Å². The lowest BCUT2D eigenvalue weighted by Crippen LogP contribution is -2.25. The van der Waals surface area contributed by atoms with Crippen LogP contribution < -0.4 is 10.6 Å². The lowest BCUT2D eigenvalue weighted by molar-refractivity contribution is -0.115. The molecule has 0 saturated carbocycles. The average molecular weight is 364 g/mol. The topological polar surface area (TPSA) is 58.2 Å². The number of aryl methyl sites for hydroxylation is 1. The van der Waals surface area contributed by atoms with Crippen LogP contribution in [-0.4, -0.2) is 22.8 Å². The summed E-state index contributed by atoms with van der Waals surface area (Å²) in [7, 11) is 0. The first-order valence-corrected chi connectivity index (χ1v) is 8.64. The molecule has 2 rings (SSSR count). The molecule has 132 valence electrons. The lowest BCUT2D eigenvalue weighted by atomic mass is 10.2. The molecule has 0 aromatic heterocycles. The molecule has 1 atom stereocenters. The SMILES string of the molecule is Cc1ccc(F)cc1NC(=O)[C@@H](C)SCC(=O)Nc1ccc(F)cc1. The van der Waals surface area contributed by atoms with Gasteiger partial charge in [0.25, 0.3) is 0 Å². The fraction of sp³-hybridized carbons (Fsp3) is 0.222. The van der Waals surface area contributed by atoms with Crippen LogP contribution in [0.4, 0.5) is 20.2 Å². The van der Waals surface area contributed by atoms with E-state index in [-0.39, 0.29) is 23.4 Å². The van der Waals surface area contributed by atoms with Crippen molar-refractivity contribution in [2.24, 2.45) is 0 Å². The molecule has 7 heteroatoms. The zero-order valence-corrected chi connectivity index (χ0v) is 14.6. The second-order valence-corrected chi connectivity index (χ2v) is 6.79. The van der Waals surface area contributed by atoms with Crippen molar-refractivity contribution in [1.29, 1.82) is 0 Å². The fourth-order valence-corrected chi connectivity index (χ4v) is 2.65. The minimum atomic E-state index is -0.498. The summed E-state index contributed by atoms with van der Waals surface area (Å²) in [6.07, 6.45) is 0. The van der Waals surface area contributed by atoms with Gasteiger partial charge in [0.1, 0.15) is 11.6 Å². The van der Waals surface area contributed by atoms with E-state index in [9.17, 15) is 18.4 Å². The first-order valence-electron chi connectivity index (χ1n) is 7.59. The number of hydrogen-bond acceptors (Lipinski definition) is 3. The highest BCUT2D eigenvalue weighted by molar-refractivity contribution is 8.01. The number of carbonyl (C=O) groups excluding carboxylic acids is 2. The molecule has 0 fully saturated rings. The van der Waals surface area contributed by atoms with Crippen molar-refractivity contribution in [3.8, 4) is 0 Å². The van der Waals surface area contributed by atoms with E-state index in [2.05, 4.69) is 10.6 Å². The number of nitrogens with one attached hydrogen (secondary N) is 2. The largest absolute Gasteiger partial charge is 0.325 e. The van der Waals surface area contributed by atoms with Crippen molar-refractivity contribution >= 4 is 35.0 Å². The van der Waals surface area contributed by atoms with Gasteiger partial charge in [-0.3, -0.25) is 9.59 Å². The molecule has 0 radical (unpaired) electrons. The highest BCUT2D eigenvalue weighted by atomic mass is 32.2. The van der Waals surface area contributed by atoms with Gasteiger partial charge in [-0.05, 0) is 55.8 Å². The van der Waals surface area contributed by atoms with Gasteiger partial charge in [-0.15, -0.1) is 11.8 Å². The molecule has 0 aliphatic heterocycles. The number of anilines is 2. The Balaban J connectivity index is 1.83. The Labute approximate surface area is 149 Å². The van der Waals surface area contributed by atoms with E-state index in [0.29, 0.717) is 11.4 Å². The third-order valence-electron chi connectivity index (χ3n) is 3.42. The molecule has 25 heavy (non-hydrogen) atoms. The predicted molar refractivity (Wildman–Crippen MR) is 96.7 cm³/mol. The Morgan fingerprint density at radius 1 is 1.04 bits per heavy atom. The smallest absolute Gasteiger partial charge is 0.237 e. The standard InChI is InChI=1S/C18H18F2N2O2S/c1-11-3-4-14(20)9-16(11)22-18(24)12(2)25-10-17(23)21-15-7-5-13(19)6-8-15/h3-9,12H,10H2,1-2H3,(H,21,23)(H,22,24)/t12-/m1/s1. The van der Waals surface area contributed by atoms with E-state index in [0.717, 1.165) is 17.3 Å². The second-order valence-electron chi connectivity index (χ2n) is 5.46. The second kappa shape index (κ2) is 8.62. The molecule has 2 N–H and O–H groups in total. The summed E-state index contributed by atoms with van der Waals surface area (Å²) in [5.74, 6) is -1.36. The Hall–Kier alpha value is -2.41. The quantitative estimate of drug-likeness (QED) is 0.815. The minimum Gasteiger partial charge on any atom is -0.325 e. The van der Waals surface area contributed by atoms with Gasteiger partial charge < -0.3 is 10.6 Å². The fourth-order valence-electron chi connectivity index (χ4n) is 1.97. The summed E-state index contributed by atoms with van der Waals surface area (Å²) in [6.45, 7) is 3.43. The molecule has 0 spiro atoms. The number of rotatable bonds is 6. The van der Waals surface area contributed by atoms with E-state index in [1.54, 1.807) is 19.9 Å². The minimum absolute atomic E-state index is 0.0636. The van der Waals surface area contributed by atoms with Crippen LogP contribution in [0.2, 0.25) is 0 Å². The number of halogens is 2. The normalized spacial score (nSPS) is 11.7. The number of amides is 2. The van der Waals surface area contributed by atoms with E-state index in [1.165, 1.54) is 36.4 Å². The molecule has 2 amide bonds. The van der Waals surface area contributed by atoms with E-state index < -0.39 is 11.1 Å². The first-order chi connectivity index (χ1) is 11.8. The van der Waals surface area contributed by atoms with Crippen molar-refractivity contribution in [2.45, 2.75) is 19.1 Å². The van der Waals surface area contributed by atoms with Crippen molar-refractivity contribution in [3.63, 3.8) is 0 Å². The third kappa shape index (κ3) is 5.86. The maximum absolute atomic E-state index is 13.3. The van der Waals surface area contributed by atoms with Crippen LogP contribution >= 0.6 is 11.8 Å². The molecule has 2 aromatic rings. The van der Waals surface area contributed by atoms with Crippen LogP contribution in [0.5, 0.6) is 0 Å². The third-order valence-corrected chi connectivity index (χ3v) is 4.56. The monoisotopic (exact) mass is 364 g/mol. The molecule has 2 aromatic carbocycles. The van der Waals surface area contributed by atoms with Gasteiger partial charge >= 0.3 is 0 Å². The molecule has 0 heterocycles.